The van der Waals surface area contributed by atoms with E-state index in [1.54, 1.807) is 6.08 Å². The molecule has 2 aromatic carbocycles. The summed E-state index contributed by atoms with van der Waals surface area (Å²) in [4.78, 5) is 26.1. The van der Waals surface area contributed by atoms with Crippen molar-refractivity contribution in [3.05, 3.63) is 71.8 Å². The summed E-state index contributed by atoms with van der Waals surface area (Å²) in [5, 5.41) is 8.36. The van der Waals surface area contributed by atoms with Crippen molar-refractivity contribution < 1.29 is 14.4 Å². The Hall–Kier alpha value is -3.20. The zero-order valence-electron chi connectivity index (χ0n) is 20.9. The monoisotopic (exact) mass is 489 g/mol. The van der Waals surface area contributed by atoms with Gasteiger partial charge >= 0.3 is 0 Å². The van der Waals surface area contributed by atoms with Crippen LogP contribution < -0.4 is 15.7 Å². The third-order valence-electron chi connectivity index (χ3n) is 6.85. The molecule has 1 aliphatic carbocycles. The van der Waals surface area contributed by atoms with E-state index in [1.165, 1.54) is 6.42 Å². The van der Waals surface area contributed by atoms with Gasteiger partial charge in [0.1, 0.15) is 12.5 Å². The van der Waals surface area contributed by atoms with E-state index in [9.17, 15) is 4.79 Å². The van der Waals surface area contributed by atoms with E-state index < -0.39 is 0 Å². The molecule has 5 rings (SSSR count). The number of morpholine rings is 1. The number of anilines is 2. The fourth-order valence-corrected chi connectivity index (χ4v) is 4.49. The molecule has 0 radical (unpaired) electrons. The molecule has 2 aliphatic heterocycles. The van der Waals surface area contributed by atoms with Crippen molar-refractivity contribution in [3.63, 3.8) is 0 Å². The number of hydroxylamine groups is 1. The number of benzene rings is 2. The molecule has 8 nitrogen and oxygen atoms in total. The lowest BCUT2D eigenvalue weighted by molar-refractivity contribution is -0.111. The van der Waals surface area contributed by atoms with Gasteiger partial charge in [0.2, 0.25) is 5.91 Å². The lowest BCUT2D eigenvalue weighted by atomic mass is 9.96. The normalized spacial score (nSPS) is 20.6. The highest BCUT2D eigenvalue weighted by Crippen LogP contribution is 2.32. The molecule has 2 N–H and O–H groups in total. The van der Waals surface area contributed by atoms with Gasteiger partial charge in [-0.3, -0.25) is 19.5 Å². The molecular formula is C28H35N5O3. The first-order chi connectivity index (χ1) is 17.7. The maximum Gasteiger partial charge on any atom is 0.248 e. The van der Waals surface area contributed by atoms with Crippen molar-refractivity contribution >= 4 is 23.1 Å². The Kier molecular flexibility index (Phi) is 7.95. The Morgan fingerprint density at radius 3 is 2.78 bits per heavy atom. The number of rotatable bonds is 8. The Bertz CT molecular complexity index is 1090. The Morgan fingerprint density at radius 1 is 1.22 bits per heavy atom. The Labute approximate surface area is 212 Å². The summed E-state index contributed by atoms with van der Waals surface area (Å²) in [6.07, 6.45) is 7.15. The van der Waals surface area contributed by atoms with Crippen LogP contribution in [0.25, 0.3) is 0 Å². The summed E-state index contributed by atoms with van der Waals surface area (Å²) < 4.78 is 5.38. The highest BCUT2D eigenvalue weighted by Gasteiger charge is 2.28. The third kappa shape index (κ3) is 6.13. The molecular weight excluding hydrogens is 454 g/mol. The van der Waals surface area contributed by atoms with Crippen molar-refractivity contribution in [1.29, 1.82) is 0 Å². The Balaban J connectivity index is 1.33. The number of fused-ring (bicyclic) bond motifs is 1. The lowest BCUT2D eigenvalue weighted by Crippen LogP contribution is -2.46. The molecule has 2 fully saturated rings. The van der Waals surface area contributed by atoms with E-state index in [-0.39, 0.29) is 18.1 Å². The zero-order valence-corrected chi connectivity index (χ0v) is 20.9. The van der Waals surface area contributed by atoms with Gasteiger partial charge in [0.15, 0.2) is 0 Å². The zero-order chi connectivity index (χ0) is 24.7. The second-order valence-electron chi connectivity index (χ2n) is 9.47. The number of carbonyl (C=O) groups is 1. The van der Waals surface area contributed by atoms with Gasteiger partial charge in [-0.05, 0) is 49.9 Å². The highest BCUT2D eigenvalue weighted by molar-refractivity contribution is 6.07. The van der Waals surface area contributed by atoms with Gasteiger partial charge < -0.3 is 15.4 Å². The van der Waals surface area contributed by atoms with Gasteiger partial charge in [0.25, 0.3) is 0 Å². The van der Waals surface area contributed by atoms with Gasteiger partial charge in [-0.1, -0.05) is 36.4 Å². The predicted octanol–water partition coefficient (Wildman–Crippen LogP) is 3.87. The Morgan fingerprint density at radius 2 is 2.03 bits per heavy atom. The van der Waals surface area contributed by atoms with Crippen molar-refractivity contribution in [2.75, 3.05) is 49.9 Å². The van der Waals surface area contributed by atoms with E-state index >= 15 is 0 Å². The molecule has 36 heavy (non-hydrogen) atoms. The highest BCUT2D eigenvalue weighted by atomic mass is 16.7. The van der Waals surface area contributed by atoms with E-state index in [4.69, 9.17) is 14.6 Å². The van der Waals surface area contributed by atoms with Gasteiger partial charge in [-0.2, -0.15) is 0 Å². The number of carbonyl (C=O) groups excluding carboxylic acids is 1. The quantitative estimate of drug-likeness (QED) is 0.548. The van der Waals surface area contributed by atoms with Crippen LogP contribution in [0, 0.1) is 0 Å². The fourth-order valence-electron chi connectivity index (χ4n) is 4.49. The number of amidine groups is 1. The van der Waals surface area contributed by atoms with Crippen LogP contribution in [0.1, 0.15) is 43.4 Å². The first-order valence-corrected chi connectivity index (χ1v) is 12.9. The maximum atomic E-state index is 12.6. The predicted molar refractivity (Wildman–Crippen MR) is 142 cm³/mol. The number of hydrogen-bond donors (Lipinski definition) is 2. The topological polar surface area (TPSA) is 78.4 Å². The molecule has 1 atom stereocenters. The molecule has 3 aliphatic rings. The summed E-state index contributed by atoms with van der Waals surface area (Å²) in [5.74, 6) is 0.652. The lowest BCUT2D eigenvalue weighted by Gasteiger charge is -2.37. The van der Waals surface area contributed by atoms with E-state index in [2.05, 4.69) is 34.6 Å². The van der Waals surface area contributed by atoms with Crippen LogP contribution in [-0.2, 0) is 14.4 Å². The van der Waals surface area contributed by atoms with Crippen LogP contribution in [0.4, 0.5) is 11.4 Å². The van der Waals surface area contributed by atoms with Crippen LogP contribution in [0.3, 0.4) is 0 Å². The second-order valence-corrected chi connectivity index (χ2v) is 9.47. The molecule has 190 valence electrons. The fraction of sp³-hybridized carbons (Fsp3) is 0.429. The van der Waals surface area contributed by atoms with Crippen LogP contribution in [0.15, 0.2) is 65.7 Å². The summed E-state index contributed by atoms with van der Waals surface area (Å²) in [5.41, 5.74) is 3.75. The first kappa shape index (κ1) is 24.5. The summed E-state index contributed by atoms with van der Waals surface area (Å²) in [6, 6.07) is 16.1. The standard InChI is InChI=1S/C28H35N5O3/c1-21(22-7-3-2-4-8-22)30-28-25-19-23(31-27(34)11-6-14-32-15-17-35-18-16-32)12-13-26(25)33(20-29-28)36-24-9-5-10-24/h2-4,6-8,11-13,19,21,24H,5,9-10,14-18,20H2,1H3,(H,29,30)(H,31,34)/t21-/m1/s1. The summed E-state index contributed by atoms with van der Waals surface area (Å²) >= 11 is 0. The van der Waals surface area contributed by atoms with Crippen LogP contribution >= 0.6 is 0 Å². The molecule has 8 heteroatoms. The SMILES string of the molecule is C[C@@H](N=C1NCN(OC2CCC2)c2ccc(NC(=O)C=CCN3CCOCC3)cc21)c1ccccc1. The molecule has 2 aromatic rings. The van der Waals surface area contributed by atoms with Crippen LogP contribution in [-0.4, -0.2) is 62.3 Å². The molecule has 0 spiro atoms. The van der Waals surface area contributed by atoms with Gasteiger partial charge in [0, 0.05) is 37.0 Å². The average Bonchev–Trinajstić information content (AvgIpc) is 2.88. The number of nitrogens with one attached hydrogen (secondary N) is 2. The maximum absolute atomic E-state index is 12.6. The van der Waals surface area contributed by atoms with Gasteiger partial charge in [-0.15, -0.1) is 0 Å². The van der Waals surface area contributed by atoms with Crippen molar-refractivity contribution in [2.24, 2.45) is 4.99 Å². The molecule has 1 saturated carbocycles. The van der Waals surface area contributed by atoms with Crippen molar-refractivity contribution in [2.45, 2.75) is 38.3 Å². The minimum absolute atomic E-state index is 0.0120. The number of ether oxygens (including phenoxy) is 1. The van der Waals surface area contributed by atoms with E-state index in [1.807, 2.05) is 47.5 Å². The van der Waals surface area contributed by atoms with Crippen molar-refractivity contribution in [1.82, 2.24) is 10.2 Å². The average molecular weight is 490 g/mol. The summed E-state index contributed by atoms with van der Waals surface area (Å²) in [6.45, 7) is 6.65. The van der Waals surface area contributed by atoms with Crippen molar-refractivity contribution in [3.8, 4) is 0 Å². The molecule has 2 heterocycles. The van der Waals surface area contributed by atoms with E-state index in [0.29, 0.717) is 6.67 Å². The molecule has 0 bridgehead atoms. The minimum Gasteiger partial charge on any atom is -0.379 e. The number of aliphatic imine (C=N–C) groups is 1. The van der Waals surface area contributed by atoms with E-state index in [0.717, 1.165) is 74.0 Å². The number of amides is 1. The smallest absolute Gasteiger partial charge is 0.248 e. The summed E-state index contributed by atoms with van der Waals surface area (Å²) in [7, 11) is 0. The third-order valence-corrected chi connectivity index (χ3v) is 6.85. The van der Waals surface area contributed by atoms with Crippen LogP contribution in [0.5, 0.6) is 0 Å². The number of nitrogens with zero attached hydrogens (tertiary/aromatic N) is 3. The minimum atomic E-state index is -0.148. The molecule has 0 aromatic heterocycles. The molecule has 1 saturated heterocycles. The molecule has 0 unspecified atom stereocenters. The largest absolute Gasteiger partial charge is 0.379 e. The van der Waals surface area contributed by atoms with Crippen LogP contribution in [0.2, 0.25) is 0 Å². The number of hydrogen-bond acceptors (Lipinski definition) is 6. The second kappa shape index (κ2) is 11.7. The van der Waals surface area contributed by atoms with Gasteiger partial charge in [-0.25, -0.2) is 5.06 Å². The first-order valence-electron chi connectivity index (χ1n) is 12.9. The van der Waals surface area contributed by atoms with Gasteiger partial charge in [0.05, 0.1) is 31.0 Å². The molecule has 1 amide bonds.